The van der Waals surface area contributed by atoms with E-state index in [9.17, 15) is 0 Å². The zero-order chi connectivity index (χ0) is 11.0. The van der Waals surface area contributed by atoms with Crippen molar-refractivity contribution in [3.8, 4) is 0 Å². The molecule has 0 unspecified atom stereocenters. The van der Waals surface area contributed by atoms with E-state index < -0.39 is 0 Å². The second-order valence-electron chi connectivity index (χ2n) is 4.68. The van der Waals surface area contributed by atoms with E-state index in [-0.39, 0.29) is 0 Å². The van der Waals surface area contributed by atoms with Gasteiger partial charge in [-0.05, 0) is 56.4 Å². The zero-order valence-corrected chi connectivity index (χ0v) is 10.0. The molecular weight excluding hydrogens is 180 g/mol. The Balaban J connectivity index is 2.70. The highest BCUT2D eigenvalue weighted by Gasteiger charge is 2.21. The monoisotopic (exact) mass is 198 g/mol. The van der Waals surface area contributed by atoms with Crippen molar-refractivity contribution in [3.05, 3.63) is 46.5 Å². The lowest BCUT2D eigenvalue weighted by molar-refractivity contribution is 1.31. The lowest BCUT2D eigenvalue weighted by atomic mass is 10.0. The predicted molar refractivity (Wildman–Crippen MR) is 67.6 cm³/mol. The third-order valence-electron chi connectivity index (χ3n) is 3.14. The van der Waals surface area contributed by atoms with Gasteiger partial charge in [0.05, 0.1) is 0 Å². The van der Waals surface area contributed by atoms with E-state index in [2.05, 4.69) is 52.0 Å². The quantitative estimate of drug-likeness (QED) is 0.568. The maximum Gasteiger partial charge on any atom is -0.00148 e. The molecule has 1 aliphatic carbocycles. The average Bonchev–Trinajstić information content (AvgIpc) is 2.56. The van der Waals surface area contributed by atoms with Gasteiger partial charge in [-0.15, -0.1) is 0 Å². The van der Waals surface area contributed by atoms with Crippen LogP contribution in [0, 0.1) is 0 Å². The first-order chi connectivity index (χ1) is 7.11. The molecule has 0 fully saturated rings. The summed E-state index contributed by atoms with van der Waals surface area (Å²) in [5.41, 5.74) is 8.79. The number of fused-ring (bicyclic) bond motifs is 1. The van der Waals surface area contributed by atoms with E-state index in [0.717, 1.165) is 6.42 Å². The Labute approximate surface area is 92.3 Å². The first-order valence-electron chi connectivity index (χ1n) is 5.53. The standard InChI is InChI=1S/C15H18/c1-10(2)14-9-15(11(3)4)13-8-6-5-7-12(13)14/h5-8H,9H2,1-4H3. The van der Waals surface area contributed by atoms with Gasteiger partial charge in [-0.25, -0.2) is 0 Å². The maximum atomic E-state index is 2.24. The molecule has 0 spiro atoms. The molecule has 0 saturated heterocycles. The Morgan fingerprint density at radius 2 is 1.20 bits per heavy atom. The van der Waals surface area contributed by atoms with E-state index in [4.69, 9.17) is 0 Å². The van der Waals surface area contributed by atoms with Crippen LogP contribution in [0.1, 0.15) is 45.2 Å². The Bertz CT molecular complexity index is 408. The third kappa shape index (κ3) is 1.65. The predicted octanol–water partition coefficient (Wildman–Crippen LogP) is 4.68. The van der Waals surface area contributed by atoms with E-state index in [0.29, 0.717) is 0 Å². The molecule has 78 valence electrons. The summed E-state index contributed by atoms with van der Waals surface area (Å²) in [5.74, 6) is 0. The summed E-state index contributed by atoms with van der Waals surface area (Å²) in [6.45, 7) is 8.83. The SMILES string of the molecule is CC(C)=C1CC(=C(C)C)c2ccccc21. The maximum absolute atomic E-state index is 2.24. The van der Waals surface area contributed by atoms with E-state index in [1.54, 1.807) is 0 Å². The van der Waals surface area contributed by atoms with Crippen molar-refractivity contribution in [1.82, 2.24) is 0 Å². The smallest absolute Gasteiger partial charge is 0.00148 e. The highest BCUT2D eigenvalue weighted by atomic mass is 14.3. The molecule has 0 radical (unpaired) electrons. The van der Waals surface area contributed by atoms with Crippen molar-refractivity contribution < 1.29 is 0 Å². The van der Waals surface area contributed by atoms with Gasteiger partial charge in [-0.3, -0.25) is 0 Å². The van der Waals surface area contributed by atoms with Gasteiger partial charge in [0.25, 0.3) is 0 Å². The molecule has 0 amide bonds. The van der Waals surface area contributed by atoms with Gasteiger partial charge >= 0.3 is 0 Å². The van der Waals surface area contributed by atoms with Crippen molar-refractivity contribution in [3.63, 3.8) is 0 Å². The van der Waals surface area contributed by atoms with Crippen molar-refractivity contribution in [2.45, 2.75) is 34.1 Å². The van der Waals surface area contributed by atoms with E-state index in [1.807, 2.05) is 0 Å². The summed E-state index contributed by atoms with van der Waals surface area (Å²) in [6, 6.07) is 8.76. The van der Waals surface area contributed by atoms with Crippen LogP contribution in [0.15, 0.2) is 35.4 Å². The van der Waals surface area contributed by atoms with Gasteiger partial charge in [-0.1, -0.05) is 35.4 Å². The number of benzene rings is 1. The third-order valence-corrected chi connectivity index (χ3v) is 3.14. The van der Waals surface area contributed by atoms with Gasteiger partial charge in [0.15, 0.2) is 0 Å². The number of hydrogen-bond acceptors (Lipinski definition) is 0. The molecule has 0 heterocycles. The highest BCUT2D eigenvalue weighted by molar-refractivity contribution is 5.94. The molecule has 0 heteroatoms. The van der Waals surface area contributed by atoms with Crippen LogP contribution >= 0.6 is 0 Å². The second kappa shape index (κ2) is 3.69. The molecule has 0 nitrogen and oxygen atoms in total. The largest absolute Gasteiger partial charge is 0.0723 e. The summed E-state index contributed by atoms with van der Waals surface area (Å²) >= 11 is 0. The summed E-state index contributed by atoms with van der Waals surface area (Å²) in [6.07, 6.45) is 1.12. The molecule has 1 aromatic rings. The van der Waals surface area contributed by atoms with Gasteiger partial charge < -0.3 is 0 Å². The van der Waals surface area contributed by atoms with Crippen LogP contribution in [-0.2, 0) is 0 Å². The molecule has 2 rings (SSSR count). The molecule has 15 heavy (non-hydrogen) atoms. The molecule has 0 saturated carbocycles. The molecule has 0 aromatic heterocycles. The Kier molecular flexibility index (Phi) is 2.52. The Morgan fingerprint density at radius 3 is 1.53 bits per heavy atom. The van der Waals surface area contributed by atoms with Crippen LogP contribution in [0.4, 0.5) is 0 Å². The Hall–Kier alpha value is -1.30. The first kappa shape index (κ1) is 10.2. The minimum Gasteiger partial charge on any atom is -0.0723 e. The molecule has 1 aromatic carbocycles. The summed E-state index contributed by atoms with van der Waals surface area (Å²) in [5, 5.41) is 0. The van der Waals surface area contributed by atoms with Crippen LogP contribution in [0.5, 0.6) is 0 Å². The minimum absolute atomic E-state index is 1.12. The fourth-order valence-electron chi connectivity index (χ4n) is 2.27. The van der Waals surface area contributed by atoms with Gasteiger partial charge in [0.2, 0.25) is 0 Å². The van der Waals surface area contributed by atoms with Gasteiger partial charge in [0.1, 0.15) is 0 Å². The molecule has 0 bridgehead atoms. The molecule has 1 aliphatic rings. The normalized spacial score (nSPS) is 14.1. The lowest BCUT2D eigenvalue weighted by Crippen LogP contribution is -1.81. The van der Waals surface area contributed by atoms with Crippen molar-refractivity contribution in [2.24, 2.45) is 0 Å². The highest BCUT2D eigenvalue weighted by Crippen LogP contribution is 2.43. The van der Waals surface area contributed by atoms with E-state index in [1.165, 1.54) is 33.4 Å². The number of allylic oxidation sites excluding steroid dienone is 4. The molecular formula is C15H18. The van der Waals surface area contributed by atoms with Crippen LogP contribution in [-0.4, -0.2) is 0 Å². The van der Waals surface area contributed by atoms with Crippen LogP contribution in [0.2, 0.25) is 0 Å². The van der Waals surface area contributed by atoms with Crippen molar-refractivity contribution >= 4 is 11.1 Å². The summed E-state index contributed by atoms with van der Waals surface area (Å²) < 4.78 is 0. The first-order valence-corrected chi connectivity index (χ1v) is 5.53. The van der Waals surface area contributed by atoms with Crippen LogP contribution < -0.4 is 0 Å². The molecule has 0 aliphatic heterocycles. The topological polar surface area (TPSA) is 0 Å². The Morgan fingerprint density at radius 1 is 0.800 bits per heavy atom. The van der Waals surface area contributed by atoms with E-state index >= 15 is 0 Å². The number of hydrogen-bond donors (Lipinski definition) is 0. The van der Waals surface area contributed by atoms with Crippen molar-refractivity contribution in [2.75, 3.05) is 0 Å². The van der Waals surface area contributed by atoms with Crippen LogP contribution in [0.3, 0.4) is 0 Å². The number of rotatable bonds is 0. The molecule has 0 N–H and O–H groups in total. The van der Waals surface area contributed by atoms with Gasteiger partial charge in [0, 0.05) is 0 Å². The van der Waals surface area contributed by atoms with Crippen LogP contribution in [0.25, 0.3) is 11.1 Å². The van der Waals surface area contributed by atoms with Crippen molar-refractivity contribution in [1.29, 1.82) is 0 Å². The lowest BCUT2D eigenvalue weighted by Gasteiger charge is -2.01. The summed E-state index contributed by atoms with van der Waals surface area (Å²) in [4.78, 5) is 0. The zero-order valence-electron chi connectivity index (χ0n) is 10.0. The van der Waals surface area contributed by atoms with Gasteiger partial charge in [-0.2, -0.15) is 0 Å². The second-order valence-corrected chi connectivity index (χ2v) is 4.68. The average molecular weight is 198 g/mol. The fourth-order valence-corrected chi connectivity index (χ4v) is 2.27. The molecule has 0 atom stereocenters. The minimum atomic E-state index is 1.12. The fraction of sp³-hybridized carbons (Fsp3) is 0.333. The summed E-state index contributed by atoms with van der Waals surface area (Å²) in [7, 11) is 0.